The first kappa shape index (κ1) is 17.2. The summed E-state index contributed by atoms with van der Waals surface area (Å²) in [6.07, 6.45) is -0.323. The molecule has 4 heteroatoms. The van der Waals surface area contributed by atoms with Crippen LogP contribution < -0.4 is 5.32 Å². The summed E-state index contributed by atoms with van der Waals surface area (Å²) in [5.41, 5.74) is 4.03. The molecule has 0 saturated heterocycles. The van der Waals surface area contributed by atoms with Crippen LogP contribution >= 0.6 is 0 Å². The second-order valence-electron chi connectivity index (χ2n) is 5.80. The third kappa shape index (κ3) is 5.18. The van der Waals surface area contributed by atoms with E-state index in [1.165, 1.54) is 34.9 Å². The Balaban J connectivity index is 1.81. The molecule has 0 aliphatic rings. The summed E-state index contributed by atoms with van der Waals surface area (Å²) in [5.74, 6) is -0.664. The van der Waals surface area contributed by atoms with Crippen molar-refractivity contribution in [2.24, 2.45) is 0 Å². The lowest BCUT2D eigenvalue weighted by atomic mass is 10.0. The fourth-order valence-corrected chi connectivity index (χ4v) is 2.54. The minimum absolute atomic E-state index is 0.0731. The quantitative estimate of drug-likeness (QED) is 0.860. The van der Waals surface area contributed by atoms with E-state index in [9.17, 15) is 14.3 Å². The van der Waals surface area contributed by atoms with E-state index in [-0.39, 0.29) is 12.3 Å². The zero-order valence-corrected chi connectivity index (χ0v) is 13.5. The first-order chi connectivity index (χ1) is 11.0. The SMILES string of the molecule is Cc1ccc(CCNC(=O)CC(O)c2cccc(F)c2)c(C)c1. The molecular weight excluding hydrogens is 293 g/mol. The molecule has 0 aromatic heterocycles. The molecule has 1 amide bonds. The highest BCUT2D eigenvalue weighted by atomic mass is 19.1. The predicted octanol–water partition coefficient (Wildman–Crippen LogP) is 3.22. The summed E-state index contributed by atoms with van der Waals surface area (Å²) in [5, 5.41) is 12.8. The largest absolute Gasteiger partial charge is 0.388 e. The highest BCUT2D eigenvalue weighted by Crippen LogP contribution is 2.17. The summed E-state index contributed by atoms with van der Waals surface area (Å²) < 4.78 is 13.1. The van der Waals surface area contributed by atoms with Crippen molar-refractivity contribution in [1.82, 2.24) is 5.32 Å². The van der Waals surface area contributed by atoms with Crippen LogP contribution in [0, 0.1) is 19.7 Å². The zero-order chi connectivity index (χ0) is 16.8. The van der Waals surface area contributed by atoms with E-state index in [4.69, 9.17) is 0 Å². The van der Waals surface area contributed by atoms with E-state index < -0.39 is 11.9 Å². The van der Waals surface area contributed by atoms with Gasteiger partial charge in [-0.15, -0.1) is 0 Å². The number of aliphatic hydroxyl groups is 1. The molecule has 0 aliphatic carbocycles. The summed E-state index contributed by atoms with van der Waals surface area (Å²) in [6, 6.07) is 11.9. The standard InChI is InChI=1S/C19H22FNO2/c1-13-6-7-15(14(2)10-13)8-9-21-19(23)12-18(22)16-4-3-5-17(20)11-16/h3-7,10-11,18,22H,8-9,12H2,1-2H3,(H,21,23). The van der Waals surface area contributed by atoms with Gasteiger partial charge in [0.25, 0.3) is 0 Å². The Morgan fingerprint density at radius 2 is 2.00 bits per heavy atom. The molecule has 2 aromatic rings. The molecule has 1 atom stereocenters. The second-order valence-corrected chi connectivity index (χ2v) is 5.80. The molecule has 23 heavy (non-hydrogen) atoms. The van der Waals surface area contributed by atoms with E-state index in [0.717, 1.165) is 6.42 Å². The minimum atomic E-state index is -0.994. The van der Waals surface area contributed by atoms with Gasteiger partial charge >= 0.3 is 0 Å². The summed E-state index contributed by atoms with van der Waals surface area (Å²) in [7, 11) is 0. The topological polar surface area (TPSA) is 49.3 Å². The van der Waals surface area contributed by atoms with Gasteiger partial charge in [0, 0.05) is 6.54 Å². The summed E-state index contributed by atoms with van der Waals surface area (Å²) >= 11 is 0. The van der Waals surface area contributed by atoms with Gasteiger partial charge in [-0.3, -0.25) is 4.79 Å². The van der Waals surface area contributed by atoms with Crippen molar-refractivity contribution in [3.63, 3.8) is 0 Å². The van der Waals surface area contributed by atoms with Crippen LogP contribution in [0.15, 0.2) is 42.5 Å². The molecule has 122 valence electrons. The van der Waals surface area contributed by atoms with Crippen molar-refractivity contribution in [1.29, 1.82) is 0 Å². The van der Waals surface area contributed by atoms with Gasteiger partial charge in [0.1, 0.15) is 5.82 Å². The van der Waals surface area contributed by atoms with Crippen molar-refractivity contribution in [2.45, 2.75) is 32.8 Å². The first-order valence-electron chi connectivity index (χ1n) is 7.72. The molecule has 0 aliphatic heterocycles. The number of amides is 1. The van der Waals surface area contributed by atoms with E-state index in [0.29, 0.717) is 12.1 Å². The molecule has 2 N–H and O–H groups in total. The van der Waals surface area contributed by atoms with Crippen LogP contribution in [0.1, 0.15) is 34.8 Å². The molecule has 0 heterocycles. The molecule has 0 spiro atoms. The van der Waals surface area contributed by atoms with Gasteiger partial charge in [-0.25, -0.2) is 4.39 Å². The first-order valence-corrected chi connectivity index (χ1v) is 7.72. The number of hydrogen-bond acceptors (Lipinski definition) is 2. The highest BCUT2D eigenvalue weighted by Gasteiger charge is 2.13. The number of carbonyl (C=O) groups is 1. The van der Waals surface area contributed by atoms with Gasteiger partial charge in [-0.05, 0) is 49.1 Å². The number of aliphatic hydroxyl groups excluding tert-OH is 1. The van der Waals surface area contributed by atoms with E-state index in [1.54, 1.807) is 6.07 Å². The van der Waals surface area contributed by atoms with Crippen molar-refractivity contribution in [2.75, 3.05) is 6.54 Å². The van der Waals surface area contributed by atoms with Crippen LogP contribution in [0.3, 0.4) is 0 Å². The van der Waals surface area contributed by atoms with Crippen molar-refractivity contribution < 1.29 is 14.3 Å². The van der Waals surface area contributed by atoms with Crippen LogP contribution in [-0.2, 0) is 11.2 Å². The number of hydrogen-bond donors (Lipinski definition) is 2. The lowest BCUT2D eigenvalue weighted by Crippen LogP contribution is -2.27. The van der Waals surface area contributed by atoms with Gasteiger partial charge in [-0.2, -0.15) is 0 Å². The van der Waals surface area contributed by atoms with Crippen LogP contribution in [0.25, 0.3) is 0 Å². The van der Waals surface area contributed by atoms with Crippen LogP contribution in [0.4, 0.5) is 4.39 Å². The van der Waals surface area contributed by atoms with Crippen molar-refractivity contribution >= 4 is 5.91 Å². The molecule has 0 radical (unpaired) electrons. The monoisotopic (exact) mass is 315 g/mol. The third-order valence-electron chi connectivity index (χ3n) is 3.83. The fourth-order valence-electron chi connectivity index (χ4n) is 2.54. The fraction of sp³-hybridized carbons (Fsp3) is 0.316. The van der Waals surface area contributed by atoms with E-state index in [1.807, 2.05) is 6.92 Å². The smallest absolute Gasteiger partial charge is 0.222 e. The van der Waals surface area contributed by atoms with Crippen molar-refractivity contribution in [3.05, 3.63) is 70.5 Å². The lowest BCUT2D eigenvalue weighted by molar-refractivity contribution is -0.123. The molecule has 0 fully saturated rings. The molecule has 2 rings (SSSR count). The summed E-state index contributed by atoms with van der Waals surface area (Å²) in [4.78, 5) is 11.9. The molecular formula is C19H22FNO2. The van der Waals surface area contributed by atoms with Crippen LogP contribution in [0.2, 0.25) is 0 Å². The number of aryl methyl sites for hydroxylation is 2. The molecule has 0 bridgehead atoms. The van der Waals surface area contributed by atoms with E-state index in [2.05, 4.69) is 30.4 Å². The average molecular weight is 315 g/mol. The number of benzene rings is 2. The number of carbonyl (C=O) groups excluding carboxylic acids is 1. The zero-order valence-electron chi connectivity index (χ0n) is 13.5. The van der Waals surface area contributed by atoms with Gasteiger partial charge in [-0.1, -0.05) is 35.9 Å². The number of halogens is 1. The molecule has 3 nitrogen and oxygen atoms in total. The van der Waals surface area contributed by atoms with Crippen molar-refractivity contribution in [3.8, 4) is 0 Å². The molecule has 0 saturated carbocycles. The third-order valence-corrected chi connectivity index (χ3v) is 3.83. The van der Waals surface area contributed by atoms with Gasteiger partial charge < -0.3 is 10.4 Å². The van der Waals surface area contributed by atoms with Gasteiger partial charge in [0.05, 0.1) is 12.5 Å². The highest BCUT2D eigenvalue weighted by molar-refractivity contribution is 5.76. The minimum Gasteiger partial charge on any atom is -0.388 e. The van der Waals surface area contributed by atoms with Crippen LogP contribution in [0.5, 0.6) is 0 Å². The van der Waals surface area contributed by atoms with Gasteiger partial charge in [0.2, 0.25) is 5.91 Å². The Bertz CT molecular complexity index is 685. The van der Waals surface area contributed by atoms with E-state index >= 15 is 0 Å². The predicted molar refractivity (Wildman–Crippen MR) is 88.6 cm³/mol. The molecule has 2 aromatic carbocycles. The Kier molecular flexibility index (Phi) is 5.88. The summed E-state index contributed by atoms with van der Waals surface area (Å²) in [6.45, 7) is 4.61. The van der Waals surface area contributed by atoms with Crippen LogP contribution in [-0.4, -0.2) is 17.6 Å². The Morgan fingerprint density at radius 3 is 2.70 bits per heavy atom. The Hall–Kier alpha value is -2.20. The van der Waals surface area contributed by atoms with Gasteiger partial charge in [0.15, 0.2) is 0 Å². The molecule has 1 unspecified atom stereocenters. The number of rotatable bonds is 6. The normalized spacial score (nSPS) is 12.0. The maximum atomic E-state index is 13.1. The maximum absolute atomic E-state index is 13.1. The Labute approximate surface area is 136 Å². The number of nitrogens with one attached hydrogen (secondary N) is 1. The Morgan fingerprint density at radius 1 is 1.22 bits per heavy atom. The lowest BCUT2D eigenvalue weighted by Gasteiger charge is -2.12. The maximum Gasteiger partial charge on any atom is 0.222 e. The second kappa shape index (κ2) is 7.88. The average Bonchev–Trinajstić information content (AvgIpc) is 2.49.